The van der Waals surface area contributed by atoms with E-state index in [0.29, 0.717) is 29.2 Å². The first-order chi connectivity index (χ1) is 15.5. The molecule has 32 heavy (non-hydrogen) atoms. The first-order valence-electron chi connectivity index (χ1n) is 11.4. The fourth-order valence-corrected chi connectivity index (χ4v) is 5.21. The van der Waals surface area contributed by atoms with Crippen molar-refractivity contribution in [3.05, 3.63) is 53.6 Å². The number of hydrogen-bond acceptors (Lipinski definition) is 4. The quantitative estimate of drug-likeness (QED) is 0.740. The Labute approximate surface area is 188 Å². The highest BCUT2D eigenvalue weighted by Gasteiger charge is 2.50. The van der Waals surface area contributed by atoms with Gasteiger partial charge in [0.05, 0.1) is 18.8 Å². The van der Waals surface area contributed by atoms with Crippen LogP contribution >= 0.6 is 0 Å². The second kappa shape index (κ2) is 8.04. The molecule has 3 amide bonds. The van der Waals surface area contributed by atoms with Gasteiger partial charge in [-0.3, -0.25) is 9.69 Å². The number of hydrogen-bond donors (Lipinski definition) is 2. The predicted octanol–water partition coefficient (Wildman–Crippen LogP) is 4.53. The second-order valence-electron chi connectivity index (χ2n) is 9.06. The molecule has 2 fully saturated rings. The summed E-state index contributed by atoms with van der Waals surface area (Å²) in [5.41, 5.74) is 1.17. The smallest absolute Gasteiger partial charge is 0.325 e. The summed E-state index contributed by atoms with van der Waals surface area (Å²) in [7, 11) is 1.61. The van der Waals surface area contributed by atoms with Crippen LogP contribution in [0.5, 0.6) is 11.5 Å². The van der Waals surface area contributed by atoms with E-state index in [0.717, 1.165) is 31.2 Å². The van der Waals surface area contributed by atoms with Crippen molar-refractivity contribution in [1.29, 1.82) is 0 Å². The molecular weight excluding hydrogens is 406 g/mol. The molecule has 7 heteroatoms. The average molecular weight is 436 g/mol. The molecule has 3 aliphatic rings. The van der Waals surface area contributed by atoms with Crippen LogP contribution in [0.15, 0.2) is 42.5 Å². The molecule has 7 nitrogen and oxygen atoms in total. The van der Waals surface area contributed by atoms with E-state index in [1.54, 1.807) is 24.1 Å². The Morgan fingerprint density at radius 2 is 1.97 bits per heavy atom. The average Bonchev–Trinajstić information content (AvgIpc) is 2.79. The summed E-state index contributed by atoms with van der Waals surface area (Å²) in [6, 6.07) is 12.7. The van der Waals surface area contributed by atoms with Crippen LogP contribution in [0.3, 0.4) is 0 Å². The third-order valence-electron chi connectivity index (χ3n) is 6.79. The molecule has 0 spiro atoms. The van der Waals surface area contributed by atoms with E-state index in [1.165, 1.54) is 6.42 Å². The van der Waals surface area contributed by atoms with Crippen LogP contribution in [-0.2, 0) is 0 Å². The van der Waals surface area contributed by atoms with Crippen molar-refractivity contribution in [3.8, 4) is 11.5 Å². The molecule has 168 valence electrons. The number of amides is 3. The van der Waals surface area contributed by atoms with Gasteiger partial charge in [-0.15, -0.1) is 0 Å². The van der Waals surface area contributed by atoms with Crippen LogP contribution in [0.25, 0.3) is 0 Å². The van der Waals surface area contributed by atoms with E-state index < -0.39 is 5.72 Å². The van der Waals surface area contributed by atoms with Crippen LogP contribution < -0.4 is 25.0 Å². The summed E-state index contributed by atoms with van der Waals surface area (Å²) >= 11 is 0. The molecule has 1 aliphatic carbocycles. The highest BCUT2D eigenvalue weighted by atomic mass is 16.5. The first-order valence-corrected chi connectivity index (χ1v) is 11.4. The molecule has 0 radical (unpaired) electrons. The van der Waals surface area contributed by atoms with Gasteiger partial charge in [-0.25, -0.2) is 4.79 Å². The minimum atomic E-state index is -0.910. The van der Waals surface area contributed by atoms with Gasteiger partial charge in [-0.1, -0.05) is 37.5 Å². The monoisotopic (exact) mass is 435 g/mol. The number of nitrogens with zero attached hydrogens (tertiary/aromatic N) is 1. The molecule has 2 aromatic carbocycles. The van der Waals surface area contributed by atoms with Gasteiger partial charge in [0.25, 0.3) is 5.91 Å². The SMILES string of the molecule is COc1cccc2c1O[C@@]1(C)C[C@H]2NC(=O)N1c1cccc(C(=O)NC2CCCCC2)c1. The standard InChI is InChI=1S/C25H29N3O4/c1-25-15-20(19-12-7-13-21(31-2)22(19)32-25)27-24(30)28(25)18-11-6-8-16(14-18)23(29)26-17-9-4-3-5-10-17/h6-8,11-14,17,20H,3-5,9-10,15H2,1-2H3,(H,26,29)(H,27,30)/t20-,25+/m1/s1. The summed E-state index contributed by atoms with van der Waals surface area (Å²) in [5, 5.41) is 6.25. The van der Waals surface area contributed by atoms with E-state index in [-0.39, 0.29) is 24.0 Å². The van der Waals surface area contributed by atoms with Gasteiger partial charge in [0.2, 0.25) is 0 Å². The highest BCUT2D eigenvalue weighted by Crippen LogP contribution is 2.49. The van der Waals surface area contributed by atoms with Crippen LogP contribution in [0, 0.1) is 0 Å². The maximum Gasteiger partial charge on any atom is 0.325 e. The zero-order valence-corrected chi connectivity index (χ0v) is 18.5. The molecule has 2 N–H and O–H groups in total. The Hall–Kier alpha value is -3.22. The van der Waals surface area contributed by atoms with E-state index in [1.807, 2.05) is 37.3 Å². The van der Waals surface area contributed by atoms with Crippen molar-refractivity contribution in [2.24, 2.45) is 0 Å². The number of methoxy groups -OCH3 is 1. The lowest BCUT2D eigenvalue weighted by atomic mass is 9.89. The summed E-state index contributed by atoms with van der Waals surface area (Å²) in [6.07, 6.45) is 6.17. The summed E-state index contributed by atoms with van der Waals surface area (Å²) in [5.74, 6) is 1.18. The minimum absolute atomic E-state index is 0.101. The molecule has 2 bridgehead atoms. The van der Waals surface area contributed by atoms with Gasteiger partial charge >= 0.3 is 6.03 Å². The normalized spacial score (nSPS) is 24.8. The maximum atomic E-state index is 13.2. The van der Waals surface area contributed by atoms with Crippen molar-refractivity contribution >= 4 is 17.6 Å². The van der Waals surface area contributed by atoms with Crippen LogP contribution in [0.1, 0.15) is 67.4 Å². The number of ether oxygens (including phenoxy) is 2. The van der Waals surface area contributed by atoms with Gasteiger partial charge in [0, 0.05) is 23.6 Å². The number of nitrogens with one attached hydrogen (secondary N) is 2. The molecule has 2 atom stereocenters. The van der Waals surface area contributed by atoms with Gasteiger partial charge in [-0.2, -0.15) is 0 Å². The van der Waals surface area contributed by atoms with Crippen molar-refractivity contribution < 1.29 is 19.1 Å². The van der Waals surface area contributed by atoms with Crippen LogP contribution in [-0.4, -0.2) is 30.8 Å². The summed E-state index contributed by atoms with van der Waals surface area (Å²) < 4.78 is 11.9. The molecule has 2 aromatic rings. The highest BCUT2D eigenvalue weighted by molar-refractivity contribution is 5.99. The van der Waals surface area contributed by atoms with Crippen LogP contribution in [0.4, 0.5) is 10.5 Å². The van der Waals surface area contributed by atoms with Gasteiger partial charge in [0.15, 0.2) is 17.2 Å². The van der Waals surface area contributed by atoms with Crippen molar-refractivity contribution in [2.75, 3.05) is 12.0 Å². The fourth-order valence-electron chi connectivity index (χ4n) is 5.21. The molecule has 2 aliphatic heterocycles. The molecule has 5 rings (SSSR count). The van der Waals surface area contributed by atoms with E-state index in [9.17, 15) is 9.59 Å². The lowest BCUT2D eigenvalue weighted by Crippen LogP contribution is -2.65. The molecule has 1 saturated heterocycles. The number of anilines is 1. The van der Waals surface area contributed by atoms with Crippen molar-refractivity contribution in [3.63, 3.8) is 0 Å². The number of benzene rings is 2. The summed E-state index contributed by atoms with van der Waals surface area (Å²) in [6.45, 7) is 1.91. The number of fused-ring (bicyclic) bond motifs is 4. The Bertz CT molecular complexity index is 1050. The Morgan fingerprint density at radius 3 is 2.75 bits per heavy atom. The minimum Gasteiger partial charge on any atom is -0.493 e. The van der Waals surface area contributed by atoms with Gasteiger partial charge in [-0.05, 0) is 44.0 Å². The molecule has 0 aromatic heterocycles. The zero-order valence-electron chi connectivity index (χ0n) is 18.5. The number of carbonyl (C=O) groups excluding carboxylic acids is 2. The Balaban J connectivity index is 1.44. The lowest BCUT2D eigenvalue weighted by molar-refractivity contribution is 0.0349. The number of para-hydroxylation sites is 1. The van der Waals surface area contributed by atoms with Crippen molar-refractivity contribution in [1.82, 2.24) is 10.6 Å². The van der Waals surface area contributed by atoms with E-state index >= 15 is 0 Å². The first kappa shape index (κ1) is 20.7. The largest absolute Gasteiger partial charge is 0.493 e. The zero-order chi connectivity index (χ0) is 22.3. The van der Waals surface area contributed by atoms with Gasteiger partial charge in [0.1, 0.15) is 0 Å². The molecular formula is C25H29N3O4. The third kappa shape index (κ3) is 3.55. The van der Waals surface area contributed by atoms with E-state index in [4.69, 9.17) is 9.47 Å². The molecule has 1 saturated carbocycles. The molecule has 2 heterocycles. The van der Waals surface area contributed by atoms with E-state index in [2.05, 4.69) is 10.6 Å². The topological polar surface area (TPSA) is 79.9 Å². The van der Waals surface area contributed by atoms with Gasteiger partial charge < -0.3 is 20.1 Å². The number of rotatable bonds is 4. The number of carbonyl (C=O) groups is 2. The lowest BCUT2D eigenvalue weighted by Gasteiger charge is -2.50. The van der Waals surface area contributed by atoms with Crippen LogP contribution in [0.2, 0.25) is 0 Å². The molecule has 0 unspecified atom stereocenters. The maximum absolute atomic E-state index is 13.2. The fraction of sp³-hybridized carbons (Fsp3) is 0.440. The Kier molecular flexibility index (Phi) is 5.19. The predicted molar refractivity (Wildman–Crippen MR) is 121 cm³/mol. The summed E-state index contributed by atoms with van der Waals surface area (Å²) in [4.78, 5) is 27.7. The number of urea groups is 1. The second-order valence-corrected chi connectivity index (χ2v) is 9.06. The third-order valence-corrected chi connectivity index (χ3v) is 6.79. The Morgan fingerprint density at radius 1 is 1.19 bits per heavy atom. The van der Waals surface area contributed by atoms with Crippen molar-refractivity contribution in [2.45, 2.75) is 63.3 Å².